The summed E-state index contributed by atoms with van der Waals surface area (Å²) >= 11 is 0. The molecule has 1 saturated carbocycles. The lowest BCUT2D eigenvalue weighted by molar-refractivity contribution is -0.120. The van der Waals surface area contributed by atoms with Crippen LogP contribution in [0.5, 0.6) is 5.75 Å². The van der Waals surface area contributed by atoms with Gasteiger partial charge in [0.15, 0.2) is 0 Å². The number of aromatic nitrogens is 2. The second kappa shape index (κ2) is 6.05. The Morgan fingerprint density at radius 1 is 1.32 bits per heavy atom. The number of Topliss-reactive ketones (excluding diaryl/α,β-unsaturated/α-hetero) is 1. The van der Waals surface area contributed by atoms with Crippen LogP contribution in [-0.4, -0.2) is 29.2 Å². The fraction of sp³-hybridized carbons (Fsp3) is 0.400. The molecule has 22 heavy (non-hydrogen) atoms. The van der Waals surface area contributed by atoms with Crippen molar-refractivity contribution < 1.29 is 14.2 Å². The number of nitrogens with zero attached hydrogens (tertiary/aromatic N) is 2. The van der Waals surface area contributed by atoms with Gasteiger partial charge in [-0.3, -0.25) is 4.79 Å². The van der Waals surface area contributed by atoms with Crippen molar-refractivity contribution >= 4 is 17.4 Å². The van der Waals surface area contributed by atoms with E-state index >= 15 is 0 Å². The number of ketones is 1. The van der Waals surface area contributed by atoms with Gasteiger partial charge in [0.25, 0.3) is 0 Å². The van der Waals surface area contributed by atoms with Gasteiger partial charge in [-0.1, -0.05) is 18.2 Å². The van der Waals surface area contributed by atoms with E-state index in [1.165, 1.54) is 0 Å². The van der Waals surface area contributed by atoms with Crippen molar-refractivity contribution in [1.82, 2.24) is 10.3 Å². The van der Waals surface area contributed by atoms with Crippen molar-refractivity contribution in [3.8, 4) is 5.75 Å². The molecule has 0 unspecified atom stereocenters. The van der Waals surface area contributed by atoms with Crippen LogP contribution in [0.25, 0.3) is 0 Å². The molecule has 1 aliphatic carbocycles. The van der Waals surface area contributed by atoms with Crippen LogP contribution >= 0.6 is 0 Å². The predicted octanol–water partition coefficient (Wildman–Crippen LogP) is 1.98. The van der Waals surface area contributed by atoms with Crippen molar-refractivity contribution in [1.29, 1.82) is 0 Å². The first-order valence-corrected chi connectivity index (χ1v) is 7.16. The van der Waals surface area contributed by atoms with Gasteiger partial charge in [0.05, 0.1) is 7.11 Å². The molecule has 0 amide bonds. The van der Waals surface area contributed by atoms with Gasteiger partial charge < -0.3 is 15.8 Å². The molecule has 1 fully saturated rings. The van der Waals surface area contributed by atoms with E-state index < -0.39 is 0 Å². The first-order valence-electron chi connectivity index (χ1n) is 7.16. The van der Waals surface area contributed by atoms with Crippen molar-refractivity contribution in [2.45, 2.75) is 31.2 Å². The highest BCUT2D eigenvalue weighted by atomic mass is 16.6. The number of rotatable bonds is 4. The first kappa shape index (κ1) is 14.4. The summed E-state index contributed by atoms with van der Waals surface area (Å²) in [5.74, 6) is 1.71. The smallest absolute Gasteiger partial charge is 0.215 e. The molecule has 2 atom stereocenters. The summed E-state index contributed by atoms with van der Waals surface area (Å²) in [6.07, 6.45) is 1.75. The minimum atomic E-state index is -0.0506. The Bertz CT molecular complexity index is 670. The number of hydrogen-bond acceptors (Lipinski definition) is 7. The summed E-state index contributed by atoms with van der Waals surface area (Å²) in [6, 6.07) is 7.75. The molecule has 0 radical (unpaired) electrons. The Labute approximate surface area is 127 Å². The minimum absolute atomic E-state index is 0.0506. The van der Waals surface area contributed by atoms with Gasteiger partial charge in [-0.2, -0.15) is 0 Å². The van der Waals surface area contributed by atoms with E-state index in [4.69, 9.17) is 10.5 Å². The Kier molecular flexibility index (Phi) is 3.95. The third kappa shape index (κ3) is 2.88. The molecule has 3 N–H and O–H groups in total. The Morgan fingerprint density at radius 3 is 2.86 bits per heavy atom. The van der Waals surface area contributed by atoms with Crippen molar-refractivity contribution in [2.75, 3.05) is 18.2 Å². The SMILES string of the molecule is COc1ccccc1[C@H]1CC(=O)C[C@H](Nc2nonc2N)C1. The Hall–Kier alpha value is -2.57. The number of nitrogen functional groups attached to an aromatic ring is 1. The van der Waals surface area contributed by atoms with Crippen LogP contribution in [0.3, 0.4) is 0 Å². The van der Waals surface area contributed by atoms with Gasteiger partial charge in [-0.15, -0.1) is 0 Å². The van der Waals surface area contributed by atoms with Gasteiger partial charge in [0.2, 0.25) is 11.6 Å². The molecule has 7 heteroatoms. The van der Waals surface area contributed by atoms with E-state index in [1.54, 1.807) is 7.11 Å². The van der Waals surface area contributed by atoms with Gasteiger partial charge in [0, 0.05) is 18.9 Å². The van der Waals surface area contributed by atoms with Crippen LogP contribution < -0.4 is 15.8 Å². The largest absolute Gasteiger partial charge is 0.496 e. The molecule has 116 valence electrons. The monoisotopic (exact) mass is 302 g/mol. The summed E-state index contributed by atoms with van der Waals surface area (Å²) in [5, 5.41) is 10.4. The standard InChI is InChI=1S/C15H18N4O3/c1-21-13-5-3-2-4-12(13)9-6-10(8-11(20)7-9)17-15-14(16)18-22-19-15/h2-5,9-10H,6-8H2,1H3,(H2,16,18)(H,17,19)/t9-,10-/m1/s1. The van der Waals surface area contributed by atoms with E-state index in [1.807, 2.05) is 24.3 Å². The summed E-state index contributed by atoms with van der Waals surface area (Å²) < 4.78 is 9.97. The van der Waals surface area contributed by atoms with Crippen LogP contribution in [0.15, 0.2) is 28.9 Å². The minimum Gasteiger partial charge on any atom is -0.496 e. The maximum absolute atomic E-state index is 12.1. The first-order chi connectivity index (χ1) is 10.7. The van der Waals surface area contributed by atoms with Gasteiger partial charge in [-0.25, -0.2) is 4.63 Å². The number of para-hydroxylation sites is 1. The fourth-order valence-corrected chi connectivity index (χ4v) is 2.98. The molecule has 1 heterocycles. The van der Waals surface area contributed by atoms with Crippen LogP contribution in [-0.2, 0) is 4.79 Å². The van der Waals surface area contributed by atoms with Crippen molar-refractivity contribution in [3.63, 3.8) is 0 Å². The highest BCUT2D eigenvalue weighted by Gasteiger charge is 2.30. The topological polar surface area (TPSA) is 103 Å². The number of hydrogen-bond donors (Lipinski definition) is 2. The Balaban J connectivity index is 1.79. The summed E-state index contributed by atoms with van der Waals surface area (Å²) in [6.45, 7) is 0. The number of nitrogens with one attached hydrogen (secondary N) is 1. The highest BCUT2D eigenvalue weighted by molar-refractivity contribution is 5.81. The molecule has 0 spiro atoms. The average molecular weight is 302 g/mol. The number of nitrogens with two attached hydrogens (primary N) is 1. The van der Waals surface area contributed by atoms with Crippen LogP contribution in [0.2, 0.25) is 0 Å². The van der Waals surface area contributed by atoms with E-state index in [2.05, 4.69) is 20.3 Å². The third-order valence-corrected chi connectivity index (χ3v) is 3.95. The number of carbonyl (C=O) groups is 1. The van der Waals surface area contributed by atoms with Crippen molar-refractivity contribution in [3.05, 3.63) is 29.8 Å². The second-order valence-electron chi connectivity index (χ2n) is 5.46. The van der Waals surface area contributed by atoms with Crippen LogP contribution in [0.1, 0.15) is 30.7 Å². The lowest BCUT2D eigenvalue weighted by Gasteiger charge is -2.29. The third-order valence-electron chi connectivity index (χ3n) is 3.95. The fourth-order valence-electron chi connectivity index (χ4n) is 2.98. The second-order valence-corrected chi connectivity index (χ2v) is 5.46. The predicted molar refractivity (Wildman–Crippen MR) is 80.7 cm³/mol. The zero-order valence-corrected chi connectivity index (χ0v) is 12.3. The molecule has 3 rings (SSSR count). The Morgan fingerprint density at radius 2 is 2.14 bits per heavy atom. The van der Waals surface area contributed by atoms with Crippen LogP contribution in [0.4, 0.5) is 11.6 Å². The van der Waals surface area contributed by atoms with Gasteiger partial charge in [-0.05, 0) is 34.3 Å². The molecule has 7 nitrogen and oxygen atoms in total. The lowest BCUT2D eigenvalue weighted by Crippen LogP contribution is -2.32. The molecule has 1 aromatic heterocycles. The molecule has 0 bridgehead atoms. The number of benzene rings is 1. The average Bonchev–Trinajstić information content (AvgIpc) is 2.92. The van der Waals surface area contributed by atoms with E-state index in [9.17, 15) is 4.79 Å². The quantitative estimate of drug-likeness (QED) is 0.890. The van der Waals surface area contributed by atoms with Gasteiger partial charge >= 0.3 is 0 Å². The summed E-state index contributed by atoms with van der Waals surface area (Å²) in [7, 11) is 1.64. The molecule has 1 aromatic carbocycles. The molecule has 2 aromatic rings. The molecule has 0 aliphatic heterocycles. The molecule has 1 aliphatic rings. The van der Waals surface area contributed by atoms with Gasteiger partial charge in [0.1, 0.15) is 11.5 Å². The maximum atomic E-state index is 12.1. The van der Waals surface area contributed by atoms with Crippen LogP contribution in [0, 0.1) is 0 Å². The maximum Gasteiger partial charge on any atom is 0.215 e. The summed E-state index contributed by atoms with van der Waals surface area (Å²) in [4.78, 5) is 12.1. The molecular weight excluding hydrogens is 284 g/mol. The summed E-state index contributed by atoms with van der Waals surface area (Å²) in [5.41, 5.74) is 6.70. The van der Waals surface area contributed by atoms with E-state index in [-0.39, 0.29) is 23.6 Å². The van der Waals surface area contributed by atoms with E-state index in [0.29, 0.717) is 18.7 Å². The zero-order valence-electron chi connectivity index (χ0n) is 12.3. The highest BCUT2D eigenvalue weighted by Crippen LogP contribution is 2.37. The lowest BCUT2D eigenvalue weighted by atomic mass is 9.80. The number of ether oxygens (including phenoxy) is 1. The van der Waals surface area contributed by atoms with E-state index in [0.717, 1.165) is 17.7 Å². The molecular formula is C15H18N4O3. The number of anilines is 2. The normalized spacial score (nSPS) is 21.6. The molecule has 0 saturated heterocycles. The number of methoxy groups -OCH3 is 1. The number of carbonyl (C=O) groups excluding carboxylic acids is 1. The zero-order chi connectivity index (χ0) is 15.5. The van der Waals surface area contributed by atoms with Crippen molar-refractivity contribution in [2.24, 2.45) is 0 Å².